The molecule has 0 fully saturated rings. The van der Waals surface area contributed by atoms with Crippen molar-refractivity contribution in [1.29, 1.82) is 0 Å². The highest BCUT2D eigenvalue weighted by molar-refractivity contribution is 5.53. The number of allylic oxidation sites excluding steroid dienone is 5. The maximum Gasteiger partial charge on any atom is 0.0910 e. The molecule has 122 valence electrons. The molecule has 0 aliphatic heterocycles. The van der Waals surface area contributed by atoms with Crippen molar-refractivity contribution < 1.29 is 9.84 Å². The lowest BCUT2D eigenvalue weighted by molar-refractivity contribution is 0.144. The highest BCUT2D eigenvalue weighted by atomic mass is 16.5. The van der Waals surface area contributed by atoms with Gasteiger partial charge in [0, 0.05) is 12.6 Å². The van der Waals surface area contributed by atoms with Gasteiger partial charge in [0.25, 0.3) is 0 Å². The summed E-state index contributed by atoms with van der Waals surface area (Å²) in [6.45, 7) is 10.4. The molecule has 0 saturated heterocycles. The average Bonchev–Trinajstić information content (AvgIpc) is 2.86. The average molecular weight is 312 g/mol. The second-order valence-electron chi connectivity index (χ2n) is 5.67. The molecule has 0 bridgehead atoms. The monoisotopic (exact) mass is 312 g/mol. The molecule has 0 radical (unpaired) electrons. The van der Waals surface area contributed by atoms with Gasteiger partial charge in [0.2, 0.25) is 0 Å². The quantitative estimate of drug-likeness (QED) is 0.629. The Bertz CT molecular complexity index is 685. The Kier molecular flexibility index (Phi) is 5.88. The maximum absolute atomic E-state index is 9.38. The van der Waals surface area contributed by atoms with Crippen molar-refractivity contribution in [3.05, 3.63) is 70.6 Å². The molecule has 2 rings (SSSR count). The molecule has 0 aromatic carbocycles. The fraction of sp³-hybridized carbons (Fsp3) is 0.368. The third kappa shape index (κ3) is 4.63. The Morgan fingerprint density at radius 2 is 2.22 bits per heavy atom. The SMILES string of the molecule is C=C(O)CC1=CCC(=C/COCc2ncc(C)nc2C)/C1=C\C. The van der Waals surface area contributed by atoms with Crippen LogP contribution in [-0.2, 0) is 11.3 Å². The zero-order valence-corrected chi connectivity index (χ0v) is 14.1. The molecule has 1 aliphatic carbocycles. The van der Waals surface area contributed by atoms with Crippen LogP contribution in [0.2, 0.25) is 0 Å². The molecule has 1 N–H and O–H groups in total. The fourth-order valence-electron chi connectivity index (χ4n) is 2.69. The number of hydrogen-bond acceptors (Lipinski definition) is 4. The Morgan fingerprint density at radius 3 is 2.87 bits per heavy atom. The summed E-state index contributed by atoms with van der Waals surface area (Å²) in [7, 11) is 0. The lowest BCUT2D eigenvalue weighted by Crippen LogP contribution is -2.02. The molecule has 0 atom stereocenters. The highest BCUT2D eigenvalue weighted by Crippen LogP contribution is 2.33. The summed E-state index contributed by atoms with van der Waals surface area (Å²) in [5.74, 6) is 0.196. The van der Waals surface area contributed by atoms with Gasteiger partial charge in [0.15, 0.2) is 0 Å². The number of aliphatic hydroxyl groups is 1. The predicted molar refractivity (Wildman–Crippen MR) is 92.1 cm³/mol. The van der Waals surface area contributed by atoms with Crippen molar-refractivity contribution in [3.63, 3.8) is 0 Å². The molecule has 1 aromatic rings. The van der Waals surface area contributed by atoms with Crippen LogP contribution in [0.25, 0.3) is 0 Å². The van der Waals surface area contributed by atoms with Crippen LogP contribution in [0.15, 0.2) is 53.5 Å². The molecule has 1 aromatic heterocycles. The number of aryl methyl sites for hydroxylation is 2. The minimum atomic E-state index is 0.196. The summed E-state index contributed by atoms with van der Waals surface area (Å²) in [5.41, 5.74) is 6.25. The van der Waals surface area contributed by atoms with Gasteiger partial charge in [-0.3, -0.25) is 9.97 Å². The maximum atomic E-state index is 9.38. The second kappa shape index (κ2) is 7.88. The minimum absolute atomic E-state index is 0.196. The zero-order valence-electron chi connectivity index (χ0n) is 14.1. The molecule has 0 amide bonds. The van der Waals surface area contributed by atoms with E-state index in [1.54, 1.807) is 6.20 Å². The van der Waals surface area contributed by atoms with Crippen molar-refractivity contribution in [2.24, 2.45) is 0 Å². The number of hydrogen-bond donors (Lipinski definition) is 1. The molecule has 4 heteroatoms. The minimum Gasteiger partial charge on any atom is -0.513 e. The van der Waals surface area contributed by atoms with Gasteiger partial charge in [-0.1, -0.05) is 24.8 Å². The number of rotatable bonds is 6. The van der Waals surface area contributed by atoms with Gasteiger partial charge >= 0.3 is 0 Å². The summed E-state index contributed by atoms with van der Waals surface area (Å²) < 4.78 is 5.72. The third-order valence-electron chi connectivity index (χ3n) is 3.80. The first-order valence-electron chi connectivity index (χ1n) is 7.80. The topological polar surface area (TPSA) is 55.2 Å². The van der Waals surface area contributed by atoms with Crippen LogP contribution >= 0.6 is 0 Å². The van der Waals surface area contributed by atoms with Gasteiger partial charge in [-0.05, 0) is 43.9 Å². The van der Waals surface area contributed by atoms with Crippen molar-refractivity contribution in [2.45, 2.75) is 40.2 Å². The molecule has 0 unspecified atom stereocenters. The number of aliphatic hydroxyl groups excluding tert-OH is 1. The van der Waals surface area contributed by atoms with Gasteiger partial charge < -0.3 is 9.84 Å². The van der Waals surface area contributed by atoms with E-state index in [4.69, 9.17) is 4.74 Å². The summed E-state index contributed by atoms with van der Waals surface area (Å²) in [4.78, 5) is 8.74. The summed E-state index contributed by atoms with van der Waals surface area (Å²) in [6, 6.07) is 0. The summed E-state index contributed by atoms with van der Waals surface area (Å²) in [6.07, 6.45) is 9.44. The van der Waals surface area contributed by atoms with Crippen molar-refractivity contribution >= 4 is 0 Å². The largest absolute Gasteiger partial charge is 0.513 e. The van der Waals surface area contributed by atoms with Crippen LogP contribution < -0.4 is 0 Å². The summed E-state index contributed by atoms with van der Waals surface area (Å²) >= 11 is 0. The lowest BCUT2D eigenvalue weighted by Gasteiger charge is -2.08. The van der Waals surface area contributed by atoms with E-state index < -0.39 is 0 Å². The van der Waals surface area contributed by atoms with Crippen molar-refractivity contribution in [2.75, 3.05) is 6.61 Å². The van der Waals surface area contributed by atoms with E-state index in [2.05, 4.69) is 34.8 Å². The van der Waals surface area contributed by atoms with E-state index in [0.717, 1.165) is 29.1 Å². The van der Waals surface area contributed by atoms with Gasteiger partial charge in [-0.25, -0.2) is 0 Å². The first-order valence-corrected chi connectivity index (χ1v) is 7.80. The fourth-order valence-corrected chi connectivity index (χ4v) is 2.69. The van der Waals surface area contributed by atoms with E-state index in [1.807, 2.05) is 20.8 Å². The Hall–Kier alpha value is -2.20. The first-order chi connectivity index (χ1) is 11.0. The van der Waals surface area contributed by atoms with E-state index in [9.17, 15) is 5.11 Å². The normalized spacial score (nSPS) is 17.8. The van der Waals surface area contributed by atoms with Gasteiger partial charge in [0.1, 0.15) is 0 Å². The molecule has 0 spiro atoms. The molecule has 4 nitrogen and oxygen atoms in total. The van der Waals surface area contributed by atoms with E-state index in [0.29, 0.717) is 19.6 Å². The molecule has 23 heavy (non-hydrogen) atoms. The molecule has 0 saturated carbocycles. The van der Waals surface area contributed by atoms with Crippen LogP contribution in [0.3, 0.4) is 0 Å². The second-order valence-corrected chi connectivity index (χ2v) is 5.67. The number of aromatic nitrogens is 2. The van der Waals surface area contributed by atoms with Crippen molar-refractivity contribution in [1.82, 2.24) is 9.97 Å². The smallest absolute Gasteiger partial charge is 0.0910 e. The van der Waals surface area contributed by atoms with Crippen LogP contribution in [-0.4, -0.2) is 21.7 Å². The highest BCUT2D eigenvalue weighted by Gasteiger charge is 2.16. The third-order valence-corrected chi connectivity index (χ3v) is 3.80. The van der Waals surface area contributed by atoms with Gasteiger partial charge in [0.05, 0.1) is 36.1 Å². The predicted octanol–water partition coefficient (Wildman–Crippen LogP) is 4.27. The molecular weight excluding hydrogens is 288 g/mol. The number of ether oxygens (including phenoxy) is 1. The summed E-state index contributed by atoms with van der Waals surface area (Å²) in [5, 5.41) is 9.38. The van der Waals surface area contributed by atoms with Crippen molar-refractivity contribution in [3.8, 4) is 0 Å². The Labute approximate surface area is 137 Å². The van der Waals surface area contributed by atoms with E-state index in [1.165, 1.54) is 11.1 Å². The van der Waals surface area contributed by atoms with Crippen LogP contribution in [0.1, 0.15) is 36.8 Å². The zero-order chi connectivity index (χ0) is 16.8. The van der Waals surface area contributed by atoms with Crippen LogP contribution in [0.4, 0.5) is 0 Å². The Morgan fingerprint density at radius 1 is 1.43 bits per heavy atom. The molecular formula is C19H24N2O2. The first kappa shape index (κ1) is 17.2. The lowest BCUT2D eigenvalue weighted by atomic mass is 10.0. The van der Waals surface area contributed by atoms with Crippen LogP contribution in [0, 0.1) is 13.8 Å². The van der Waals surface area contributed by atoms with E-state index >= 15 is 0 Å². The number of nitrogens with zero attached hydrogens (tertiary/aromatic N) is 2. The van der Waals surface area contributed by atoms with E-state index in [-0.39, 0.29) is 5.76 Å². The van der Waals surface area contributed by atoms with Gasteiger partial charge in [-0.15, -0.1) is 0 Å². The Balaban J connectivity index is 1.90. The molecule has 1 aliphatic rings. The van der Waals surface area contributed by atoms with Crippen LogP contribution in [0.5, 0.6) is 0 Å². The standard InChI is InChI=1S/C19H24N2O2/c1-5-18-16(6-7-17(18)10-14(3)22)8-9-23-12-19-15(4)21-13(2)11-20-19/h5,7-8,11,22H,3,6,9-10,12H2,1-2,4H3/b16-8-,18-5+. The molecule has 1 heterocycles. The van der Waals surface area contributed by atoms with Gasteiger partial charge in [-0.2, -0.15) is 0 Å².